The fraction of sp³-hybridized carbons (Fsp3) is 0.150. The molecule has 0 amide bonds. The minimum atomic E-state index is -4.57. The molecule has 0 atom stereocenters. The summed E-state index contributed by atoms with van der Waals surface area (Å²) in [7, 11) is 0. The van der Waals surface area contributed by atoms with Crippen molar-refractivity contribution in [3.8, 4) is 11.5 Å². The smallest absolute Gasteiger partial charge is 0.416 e. The third-order valence-corrected chi connectivity index (χ3v) is 4.61. The monoisotopic (exact) mass is 428 g/mol. The zero-order chi connectivity index (χ0) is 20.5. The molecule has 0 spiro atoms. The summed E-state index contributed by atoms with van der Waals surface area (Å²) in [6, 6.07) is 12.2. The molecule has 0 heterocycles. The molecule has 0 aliphatic rings. The summed E-state index contributed by atoms with van der Waals surface area (Å²) in [6.45, 7) is 0. The predicted octanol–water partition coefficient (Wildman–Crippen LogP) is 6.97. The molecule has 28 heavy (non-hydrogen) atoms. The quantitative estimate of drug-likeness (QED) is 0.476. The Bertz CT molecular complexity index is 1030. The number of aryl methyl sites for hydroxylation is 1. The first-order valence-electron chi connectivity index (χ1n) is 8.12. The van der Waals surface area contributed by atoms with Crippen molar-refractivity contribution < 1.29 is 27.8 Å². The van der Waals surface area contributed by atoms with Gasteiger partial charge in [-0.3, -0.25) is 4.79 Å². The van der Waals surface area contributed by atoms with Crippen LogP contribution in [0.25, 0.3) is 10.8 Å². The summed E-state index contributed by atoms with van der Waals surface area (Å²) in [5.74, 6) is -0.618. The summed E-state index contributed by atoms with van der Waals surface area (Å²) >= 11 is 11.9. The molecular weight excluding hydrogens is 416 g/mol. The summed E-state index contributed by atoms with van der Waals surface area (Å²) in [4.78, 5) is 10.7. The molecule has 1 N–H and O–H groups in total. The molecule has 0 aliphatic carbocycles. The van der Waals surface area contributed by atoms with Gasteiger partial charge in [-0.2, -0.15) is 13.2 Å². The summed E-state index contributed by atoms with van der Waals surface area (Å²) in [6.07, 6.45) is -4.17. The molecule has 3 rings (SSSR count). The van der Waals surface area contributed by atoms with Gasteiger partial charge < -0.3 is 9.84 Å². The second-order valence-electron chi connectivity index (χ2n) is 6.11. The van der Waals surface area contributed by atoms with Crippen molar-refractivity contribution >= 4 is 39.9 Å². The highest BCUT2D eigenvalue weighted by atomic mass is 35.5. The van der Waals surface area contributed by atoms with Gasteiger partial charge in [0.1, 0.15) is 5.75 Å². The summed E-state index contributed by atoms with van der Waals surface area (Å²) in [5.41, 5.74) is -0.117. The van der Waals surface area contributed by atoms with Gasteiger partial charge in [-0.25, -0.2) is 0 Å². The van der Waals surface area contributed by atoms with Gasteiger partial charge >= 0.3 is 12.1 Å². The largest absolute Gasteiger partial charge is 0.481 e. The SMILES string of the molecule is O=C(O)CCc1ccc2ccc(Oc3c(Cl)cc(C(F)(F)F)cc3Cl)cc2c1. The van der Waals surface area contributed by atoms with Crippen molar-refractivity contribution in [2.24, 2.45) is 0 Å². The van der Waals surface area contributed by atoms with E-state index < -0.39 is 17.7 Å². The second kappa shape index (κ2) is 7.89. The van der Waals surface area contributed by atoms with Crippen LogP contribution in [0.15, 0.2) is 48.5 Å². The van der Waals surface area contributed by atoms with E-state index in [0.29, 0.717) is 12.2 Å². The van der Waals surface area contributed by atoms with E-state index in [1.807, 2.05) is 18.2 Å². The molecule has 0 saturated heterocycles. The number of alkyl halides is 3. The van der Waals surface area contributed by atoms with E-state index in [0.717, 1.165) is 28.5 Å². The van der Waals surface area contributed by atoms with Crippen LogP contribution in [-0.4, -0.2) is 11.1 Å². The van der Waals surface area contributed by atoms with Crippen LogP contribution in [-0.2, 0) is 17.4 Å². The minimum absolute atomic E-state index is 0.0124. The Morgan fingerprint density at radius 3 is 2.21 bits per heavy atom. The molecule has 0 unspecified atom stereocenters. The molecular formula is C20H13Cl2F3O3. The molecule has 0 aliphatic heterocycles. The summed E-state index contributed by atoms with van der Waals surface area (Å²) < 4.78 is 44.1. The molecule has 3 aromatic carbocycles. The molecule has 0 bridgehead atoms. The number of carboxylic acid groups (broad SMARTS) is 1. The van der Waals surface area contributed by atoms with Crippen LogP contribution in [0.1, 0.15) is 17.5 Å². The third-order valence-electron chi connectivity index (χ3n) is 4.05. The van der Waals surface area contributed by atoms with Gasteiger partial charge in [0.25, 0.3) is 0 Å². The lowest BCUT2D eigenvalue weighted by Crippen LogP contribution is -2.05. The molecule has 146 valence electrons. The zero-order valence-corrected chi connectivity index (χ0v) is 15.7. The fourth-order valence-electron chi connectivity index (χ4n) is 2.68. The zero-order valence-electron chi connectivity index (χ0n) is 14.2. The van der Waals surface area contributed by atoms with E-state index in [4.69, 9.17) is 33.0 Å². The van der Waals surface area contributed by atoms with Crippen molar-refractivity contribution in [1.29, 1.82) is 0 Å². The first kappa shape index (κ1) is 20.3. The lowest BCUT2D eigenvalue weighted by atomic mass is 10.0. The summed E-state index contributed by atoms with van der Waals surface area (Å²) in [5, 5.41) is 9.98. The van der Waals surface area contributed by atoms with E-state index >= 15 is 0 Å². The van der Waals surface area contributed by atoms with Gasteiger partial charge in [0.05, 0.1) is 15.6 Å². The lowest BCUT2D eigenvalue weighted by molar-refractivity contribution is -0.138. The first-order valence-corrected chi connectivity index (χ1v) is 8.87. The molecule has 3 aromatic rings. The van der Waals surface area contributed by atoms with Gasteiger partial charge in [-0.15, -0.1) is 0 Å². The number of carbonyl (C=O) groups is 1. The van der Waals surface area contributed by atoms with Crippen LogP contribution >= 0.6 is 23.2 Å². The molecule has 3 nitrogen and oxygen atoms in total. The van der Waals surface area contributed by atoms with Crippen LogP contribution in [0.2, 0.25) is 10.0 Å². The Labute approximate surface area is 168 Å². The van der Waals surface area contributed by atoms with E-state index in [2.05, 4.69) is 0 Å². The molecule has 0 radical (unpaired) electrons. The minimum Gasteiger partial charge on any atom is -0.481 e. The van der Waals surface area contributed by atoms with Crippen LogP contribution in [0.5, 0.6) is 11.5 Å². The number of hydrogen-bond donors (Lipinski definition) is 1. The number of ether oxygens (including phenoxy) is 1. The molecule has 0 aromatic heterocycles. The Morgan fingerprint density at radius 2 is 1.61 bits per heavy atom. The average molecular weight is 429 g/mol. The maximum absolute atomic E-state index is 12.8. The Hall–Kier alpha value is -2.44. The topological polar surface area (TPSA) is 46.5 Å². The highest BCUT2D eigenvalue weighted by Crippen LogP contribution is 2.42. The fourth-order valence-corrected chi connectivity index (χ4v) is 3.25. The number of carboxylic acids is 1. The normalized spacial score (nSPS) is 11.6. The van der Waals surface area contributed by atoms with Crippen LogP contribution in [0.3, 0.4) is 0 Å². The van der Waals surface area contributed by atoms with Crippen molar-refractivity contribution in [2.75, 3.05) is 0 Å². The highest BCUT2D eigenvalue weighted by molar-refractivity contribution is 6.37. The van der Waals surface area contributed by atoms with Crippen LogP contribution in [0.4, 0.5) is 13.2 Å². The Morgan fingerprint density at radius 1 is 0.964 bits per heavy atom. The molecule has 0 saturated carbocycles. The predicted molar refractivity (Wildman–Crippen MR) is 101 cm³/mol. The maximum Gasteiger partial charge on any atom is 0.416 e. The standard InChI is InChI=1S/C20H13Cl2F3O3/c21-16-9-14(20(23,24)25)10-17(22)19(16)28-15-5-4-12-3-1-11(2-6-18(26)27)7-13(12)8-15/h1,3-5,7-10H,2,6H2,(H,26,27). The van der Waals surface area contributed by atoms with Crippen molar-refractivity contribution in [3.63, 3.8) is 0 Å². The Kier molecular flexibility index (Phi) is 5.72. The molecule has 0 fully saturated rings. The highest BCUT2D eigenvalue weighted by Gasteiger charge is 2.32. The van der Waals surface area contributed by atoms with Gasteiger partial charge in [0.15, 0.2) is 5.75 Å². The number of hydrogen-bond acceptors (Lipinski definition) is 2. The van der Waals surface area contributed by atoms with Crippen molar-refractivity contribution in [2.45, 2.75) is 19.0 Å². The van der Waals surface area contributed by atoms with Gasteiger partial charge in [0, 0.05) is 6.42 Å². The van der Waals surface area contributed by atoms with Crippen molar-refractivity contribution in [3.05, 3.63) is 69.7 Å². The van der Waals surface area contributed by atoms with Gasteiger partial charge in [-0.05, 0) is 47.0 Å². The first-order chi connectivity index (χ1) is 13.1. The van der Waals surface area contributed by atoms with E-state index in [1.54, 1.807) is 18.2 Å². The average Bonchev–Trinajstić information content (AvgIpc) is 2.61. The van der Waals surface area contributed by atoms with Crippen LogP contribution < -0.4 is 4.74 Å². The van der Waals surface area contributed by atoms with Gasteiger partial charge in [0.2, 0.25) is 0 Å². The number of aliphatic carboxylic acids is 1. The van der Waals surface area contributed by atoms with E-state index in [1.165, 1.54) is 0 Å². The van der Waals surface area contributed by atoms with Crippen molar-refractivity contribution in [1.82, 2.24) is 0 Å². The van der Waals surface area contributed by atoms with Crippen LogP contribution in [0, 0.1) is 0 Å². The molecule has 8 heteroatoms. The van der Waals surface area contributed by atoms with E-state index in [-0.39, 0.29) is 22.2 Å². The Balaban J connectivity index is 1.91. The lowest BCUT2D eigenvalue weighted by Gasteiger charge is -2.13. The van der Waals surface area contributed by atoms with Gasteiger partial charge in [-0.1, -0.05) is 47.5 Å². The number of rotatable bonds is 5. The maximum atomic E-state index is 12.8. The third kappa shape index (κ3) is 4.69. The number of benzene rings is 3. The number of halogens is 5. The second-order valence-corrected chi connectivity index (χ2v) is 6.92. The van der Waals surface area contributed by atoms with E-state index in [9.17, 15) is 18.0 Å². The number of fused-ring (bicyclic) bond motifs is 1.